The summed E-state index contributed by atoms with van der Waals surface area (Å²) in [7, 11) is 0. The van der Waals surface area contributed by atoms with Crippen LogP contribution in [0.4, 0.5) is 5.69 Å². The van der Waals surface area contributed by atoms with Gasteiger partial charge in [-0.3, -0.25) is 4.79 Å². The lowest BCUT2D eigenvalue weighted by Crippen LogP contribution is -2.38. The van der Waals surface area contributed by atoms with Crippen LogP contribution in [0.1, 0.15) is 35.9 Å². The summed E-state index contributed by atoms with van der Waals surface area (Å²) in [5.41, 5.74) is 2.53. The van der Waals surface area contributed by atoms with Gasteiger partial charge in [-0.2, -0.15) is 0 Å². The molecule has 0 spiro atoms. The molecule has 4 nitrogen and oxygen atoms in total. The minimum absolute atomic E-state index is 0.0560. The van der Waals surface area contributed by atoms with Crippen molar-refractivity contribution in [1.82, 2.24) is 5.32 Å². The van der Waals surface area contributed by atoms with Gasteiger partial charge in [0.1, 0.15) is 11.9 Å². The zero-order chi connectivity index (χ0) is 15.5. The second-order valence-corrected chi connectivity index (χ2v) is 5.87. The fourth-order valence-corrected chi connectivity index (χ4v) is 2.39. The first-order chi connectivity index (χ1) is 10.6. The molecule has 0 radical (unpaired) electrons. The van der Waals surface area contributed by atoms with Gasteiger partial charge >= 0.3 is 0 Å². The molecule has 4 heteroatoms. The molecule has 22 heavy (non-hydrogen) atoms. The van der Waals surface area contributed by atoms with Crippen molar-refractivity contribution in [2.24, 2.45) is 5.92 Å². The second-order valence-electron chi connectivity index (χ2n) is 5.87. The van der Waals surface area contributed by atoms with Crippen molar-refractivity contribution in [3.63, 3.8) is 0 Å². The van der Waals surface area contributed by atoms with Crippen molar-refractivity contribution in [3.8, 4) is 5.75 Å². The average molecular weight is 296 g/mol. The zero-order valence-electron chi connectivity index (χ0n) is 12.8. The monoisotopic (exact) mass is 296 g/mol. The first-order valence-corrected chi connectivity index (χ1v) is 7.52. The molecule has 0 aromatic heterocycles. The number of benzene rings is 2. The van der Waals surface area contributed by atoms with Gasteiger partial charge in [0, 0.05) is 5.69 Å². The summed E-state index contributed by atoms with van der Waals surface area (Å²) in [5.74, 6) is 1.29. The number of hydrogen-bond donors (Lipinski definition) is 2. The summed E-state index contributed by atoms with van der Waals surface area (Å²) < 4.78 is 5.68. The molecule has 2 aromatic carbocycles. The van der Waals surface area contributed by atoms with Gasteiger partial charge in [0.25, 0.3) is 5.91 Å². The number of carbonyl (C=O) groups is 1. The molecule has 2 N–H and O–H groups in total. The van der Waals surface area contributed by atoms with Gasteiger partial charge in [-0.25, -0.2) is 0 Å². The lowest BCUT2D eigenvalue weighted by molar-refractivity contribution is 0.0935. The Kier molecular flexibility index (Phi) is 4.00. The third-order valence-electron chi connectivity index (χ3n) is 3.54. The summed E-state index contributed by atoms with van der Waals surface area (Å²) in [6.45, 7) is 4.94. The topological polar surface area (TPSA) is 50.4 Å². The molecular weight excluding hydrogens is 276 g/mol. The highest BCUT2D eigenvalue weighted by Crippen LogP contribution is 2.27. The van der Waals surface area contributed by atoms with Gasteiger partial charge in [0.15, 0.2) is 0 Å². The number of anilines is 1. The number of carbonyl (C=O) groups excluding carboxylic acids is 1. The molecule has 0 saturated heterocycles. The molecule has 0 aliphatic carbocycles. The van der Waals surface area contributed by atoms with Crippen molar-refractivity contribution in [3.05, 3.63) is 59.7 Å². The van der Waals surface area contributed by atoms with Crippen LogP contribution >= 0.6 is 0 Å². The number of amides is 1. The maximum absolute atomic E-state index is 12.1. The average Bonchev–Trinajstić information content (AvgIpc) is 2.53. The molecule has 0 fully saturated rings. The third kappa shape index (κ3) is 3.06. The number of hydrogen-bond acceptors (Lipinski definition) is 3. The molecule has 114 valence electrons. The van der Waals surface area contributed by atoms with Crippen LogP contribution in [0.3, 0.4) is 0 Å². The van der Waals surface area contributed by atoms with Crippen LogP contribution in [-0.4, -0.2) is 12.5 Å². The Morgan fingerprint density at radius 1 is 1.05 bits per heavy atom. The Balaban J connectivity index is 1.74. The van der Waals surface area contributed by atoms with Crippen LogP contribution < -0.4 is 15.4 Å². The molecule has 1 aliphatic rings. The minimum atomic E-state index is -0.221. The second kappa shape index (κ2) is 6.10. The molecule has 3 rings (SSSR count). The van der Waals surface area contributed by atoms with E-state index in [1.165, 1.54) is 0 Å². The Bertz CT molecular complexity index is 665. The van der Waals surface area contributed by atoms with Gasteiger partial charge in [-0.05, 0) is 35.7 Å². The summed E-state index contributed by atoms with van der Waals surface area (Å²) >= 11 is 0. The Morgan fingerprint density at radius 3 is 2.50 bits per heavy atom. The van der Waals surface area contributed by atoms with Crippen LogP contribution in [0, 0.1) is 5.92 Å². The molecule has 0 bridgehead atoms. The predicted octanol–water partition coefficient (Wildman–Crippen LogP) is 3.58. The molecule has 0 unspecified atom stereocenters. The first-order valence-electron chi connectivity index (χ1n) is 7.52. The highest BCUT2D eigenvalue weighted by Gasteiger charge is 2.23. The van der Waals surface area contributed by atoms with Crippen LogP contribution in [-0.2, 0) is 0 Å². The van der Waals surface area contributed by atoms with Crippen molar-refractivity contribution in [2.45, 2.75) is 20.0 Å². The quantitative estimate of drug-likeness (QED) is 0.906. The molecule has 1 atom stereocenters. The smallest absolute Gasteiger partial charge is 0.255 e. The number of para-hydroxylation sites is 1. The van der Waals surface area contributed by atoms with Crippen molar-refractivity contribution < 1.29 is 9.53 Å². The summed E-state index contributed by atoms with van der Waals surface area (Å²) in [5, 5.41) is 6.31. The largest absolute Gasteiger partial charge is 0.493 e. The van der Waals surface area contributed by atoms with E-state index in [4.69, 9.17) is 4.74 Å². The number of fused-ring (bicyclic) bond motifs is 1. The number of nitrogens with one attached hydrogen (secondary N) is 2. The van der Waals surface area contributed by atoms with E-state index >= 15 is 0 Å². The van der Waals surface area contributed by atoms with Gasteiger partial charge in [0.2, 0.25) is 0 Å². The molecule has 0 saturated carbocycles. The molecule has 1 amide bonds. The van der Waals surface area contributed by atoms with Crippen molar-refractivity contribution in [2.75, 3.05) is 11.9 Å². The first kappa shape index (κ1) is 14.4. The zero-order valence-corrected chi connectivity index (χ0v) is 12.8. The van der Waals surface area contributed by atoms with E-state index in [0.29, 0.717) is 18.1 Å². The van der Waals surface area contributed by atoms with Crippen molar-refractivity contribution in [1.29, 1.82) is 0 Å². The van der Waals surface area contributed by atoms with Crippen molar-refractivity contribution >= 4 is 11.6 Å². The summed E-state index contributed by atoms with van der Waals surface area (Å²) in [6, 6.07) is 15.3. The van der Waals surface area contributed by atoms with Gasteiger partial charge in [-0.15, -0.1) is 0 Å². The third-order valence-corrected chi connectivity index (χ3v) is 3.54. The molecule has 1 heterocycles. The lowest BCUT2D eigenvalue weighted by atomic mass is 10.1. The normalized spacial score (nSPS) is 16.7. The molecule has 2 aromatic rings. The standard InChI is InChI=1S/C18H20N2O2/c1-12(2)11-22-14-9-7-13(8-10-14)17-19-16-6-4-3-5-15(16)18(21)20-17/h3-10,12,17,19H,11H2,1-2H3,(H,20,21)/t17-/m0/s1. The van der Waals surface area contributed by atoms with Crippen LogP contribution in [0.5, 0.6) is 5.75 Å². The van der Waals surface area contributed by atoms with Gasteiger partial charge in [-0.1, -0.05) is 38.1 Å². The van der Waals surface area contributed by atoms with E-state index in [-0.39, 0.29) is 12.1 Å². The van der Waals surface area contributed by atoms with E-state index in [9.17, 15) is 4.79 Å². The van der Waals surface area contributed by atoms with E-state index in [2.05, 4.69) is 24.5 Å². The predicted molar refractivity (Wildman–Crippen MR) is 87.0 cm³/mol. The van der Waals surface area contributed by atoms with E-state index in [1.54, 1.807) is 0 Å². The van der Waals surface area contributed by atoms with E-state index in [1.807, 2.05) is 48.5 Å². The fraction of sp³-hybridized carbons (Fsp3) is 0.278. The summed E-state index contributed by atoms with van der Waals surface area (Å²) in [4.78, 5) is 12.1. The Hall–Kier alpha value is -2.49. The Labute approximate surface area is 130 Å². The molecule has 1 aliphatic heterocycles. The highest BCUT2D eigenvalue weighted by molar-refractivity contribution is 6.01. The SMILES string of the molecule is CC(C)COc1ccc([C@@H]2NC(=O)c3ccccc3N2)cc1. The van der Waals surface area contributed by atoms with Crippen LogP contribution in [0.2, 0.25) is 0 Å². The van der Waals surface area contributed by atoms with E-state index < -0.39 is 0 Å². The Morgan fingerprint density at radius 2 is 1.77 bits per heavy atom. The van der Waals surface area contributed by atoms with Gasteiger partial charge in [0.05, 0.1) is 12.2 Å². The number of rotatable bonds is 4. The summed E-state index contributed by atoms with van der Waals surface area (Å²) in [6.07, 6.45) is -0.221. The maximum atomic E-state index is 12.1. The minimum Gasteiger partial charge on any atom is -0.493 e. The van der Waals surface area contributed by atoms with Crippen LogP contribution in [0.15, 0.2) is 48.5 Å². The highest BCUT2D eigenvalue weighted by atomic mass is 16.5. The van der Waals surface area contributed by atoms with Crippen LogP contribution in [0.25, 0.3) is 0 Å². The van der Waals surface area contributed by atoms with E-state index in [0.717, 1.165) is 17.0 Å². The molecular formula is C18H20N2O2. The lowest BCUT2D eigenvalue weighted by Gasteiger charge is -2.28. The maximum Gasteiger partial charge on any atom is 0.255 e. The fourth-order valence-electron chi connectivity index (χ4n) is 2.39. The number of ether oxygens (including phenoxy) is 1. The van der Waals surface area contributed by atoms with Gasteiger partial charge < -0.3 is 15.4 Å².